The Morgan fingerprint density at radius 2 is 2.10 bits per heavy atom. The minimum atomic E-state index is -3.37. The number of ether oxygens (including phenoxy) is 1. The zero-order valence-electron chi connectivity index (χ0n) is 12.5. The molecule has 21 heavy (non-hydrogen) atoms. The van der Waals surface area contributed by atoms with E-state index in [1.807, 2.05) is 0 Å². The Bertz CT molecular complexity index is 606. The maximum atomic E-state index is 12.4. The third-order valence-electron chi connectivity index (χ3n) is 4.12. The molecule has 0 N–H and O–H groups in total. The highest BCUT2D eigenvalue weighted by Gasteiger charge is 2.32. The quantitative estimate of drug-likeness (QED) is 0.785. The molecule has 4 nitrogen and oxygen atoms in total. The van der Waals surface area contributed by atoms with Crippen molar-refractivity contribution in [1.82, 2.24) is 0 Å². The lowest BCUT2D eigenvalue weighted by molar-refractivity contribution is 0.102. The second-order valence-electron chi connectivity index (χ2n) is 5.86. The van der Waals surface area contributed by atoms with Crippen LogP contribution < -0.4 is 4.74 Å². The van der Waals surface area contributed by atoms with Crippen molar-refractivity contribution < 1.29 is 17.9 Å². The number of sulfone groups is 1. The van der Waals surface area contributed by atoms with Crippen LogP contribution in [-0.4, -0.2) is 32.3 Å². The van der Waals surface area contributed by atoms with E-state index in [1.54, 1.807) is 24.3 Å². The van der Waals surface area contributed by atoms with Crippen molar-refractivity contribution in [2.75, 3.05) is 12.9 Å². The number of Topliss-reactive ketones (excluding diaryl/α,β-unsaturated/α-hetero) is 1. The first kappa shape index (κ1) is 16.0. The Hall–Kier alpha value is -1.36. The van der Waals surface area contributed by atoms with Crippen LogP contribution in [0.15, 0.2) is 24.3 Å². The van der Waals surface area contributed by atoms with E-state index in [-0.39, 0.29) is 11.0 Å². The van der Waals surface area contributed by atoms with E-state index in [1.165, 1.54) is 7.11 Å². The highest BCUT2D eigenvalue weighted by Crippen LogP contribution is 2.29. The number of hydrogen-bond donors (Lipinski definition) is 0. The summed E-state index contributed by atoms with van der Waals surface area (Å²) in [7, 11) is -1.86. The molecule has 0 saturated heterocycles. The molecular weight excluding hydrogens is 288 g/mol. The summed E-state index contributed by atoms with van der Waals surface area (Å²) in [6, 6.07) is 6.64. The van der Waals surface area contributed by atoms with Crippen molar-refractivity contribution in [2.24, 2.45) is 5.92 Å². The molecule has 2 unspecified atom stereocenters. The van der Waals surface area contributed by atoms with Gasteiger partial charge in [0.05, 0.1) is 12.4 Å². The Morgan fingerprint density at radius 1 is 1.33 bits per heavy atom. The molecule has 0 aromatic heterocycles. The molecule has 2 rings (SSSR count). The molecule has 1 aliphatic carbocycles. The van der Waals surface area contributed by atoms with E-state index in [2.05, 4.69) is 6.92 Å². The van der Waals surface area contributed by atoms with Crippen LogP contribution >= 0.6 is 0 Å². The number of carbonyl (C=O) groups excluding carboxylic acids is 1. The van der Waals surface area contributed by atoms with Crippen LogP contribution in [0.1, 0.15) is 43.0 Å². The van der Waals surface area contributed by atoms with Crippen LogP contribution in [0.4, 0.5) is 0 Å². The van der Waals surface area contributed by atoms with Crippen molar-refractivity contribution in [3.05, 3.63) is 29.8 Å². The second-order valence-corrected chi connectivity index (χ2v) is 8.14. The molecule has 1 aliphatic rings. The summed E-state index contributed by atoms with van der Waals surface area (Å²) in [6.45, 7) is 2.07. The minimum Gasteiger partial charge on any atom is -0.497 e. The predicted octanol–water partition coefficient (Wildman–Crippen LogP) is 2.87. The molecule has 0 radical (unpaired) electrons. The van der Waals surface area contributed by atoms with Crippen LogP contribution in [0.25, 0.3) is 0 Å². The molecule has 0 aliphatic heterocycles. The van der Waals surface area contributed by atoms with Crippen LogP contribution in [-0.2, 0) is 9.84 Å². The third-order valence-corrected chi connectivity index (χ3v) is 6.23. The molecule has 1 aromatic rings. The molecule has 1 saturated carbocycles. The third kappa shape index (κ3) is 4.06. The number of carbonyl (C=O) groups is 1. The van der Waals surface area contributed by atoms with Crippen molar-refractivity contribution in [3.8, 4) is 5.75 Å². The SMILES string of the molecule is COc1cccc(C(=O)CS(=O)(=O)C2CCCC(C)C2)c1. The molecule has 0 spiro atoms. The molecule has 5 heteroatoms. The lowest BCUT2D eigenvalue weighted by Gasteiger charge is -2.26. The molecule has 0 amide bonds. The Morgan fingerprint density at radius 3 is 2.76 bits per heavy atom. The highest BCUT2D eigenvalue weighted by molar-refractivity contribution is 7.92. The maximum absolute atomic E-state index is 12.4. The van der Waals surface area contributed by atoms with Crippen LogP contribution in [0, 0.1) is 5.92 Å². The maximum Gasteiger partial charge on any atom is 0.178 e. The Labute approximate surface area is 126 Å². The van der Waals surface area contributed by atoms with Gasteiger partial charge in [-0.3, -0.25) is 4.79 Å². The van der Waals surface area contributed by atoms with Gasteiger partial charge in [0, 0.05) is 5.56 Å². The van der Waals surface area contributed by atoms with Gasteiger partial charge in [-0.2, -0.15) is 0 Å². The lowest BCUT2D eigenvalue weighted by atomic mass is 9.91. The number of hydrogen-bond acceptors (Lipinski definition) is 4. The Balaban J connectivity index is 2.10. The predicted molar refractivity (Wildman–Crippen MR) is 82.5 cm³/mol. The standard InChI is InChI=1S/C16H22O4S/c1-12-5-3-8-15(9-12)21(18,19)11-16(17)13-6-4-7-14(10-13)20-2/h4,6-7,10,12,15H,3,5,8-9,11H2,1-2H3. The molecule has 0 bridgehead atoms. The number of rotatable bonds is 5. The fourth-order valence-corrected chi connectivity index (χ4v) is 4.80. The zero-order valence-corrected chi connectivity index (χ0v) is 13.4. The van der Waals surface area contributed by atoms with Gasteiger partial charge in [-0.15, -0.1) is 0 Å². The summed E-state index contributed by atoms with van der Waals surface area (Å²) < 4.78 is 29.9. The van der Waals surface area contributed by atoms with Gasteiger partial charge in [0.15, 0.2) is 15.6 Å². The second kappa shape index (κ2) is 6.60. The fraction of sp³-hybridized carbons (Fsp3) is 0.562. The number of methoxy groups -OCH3 is 1. The zero-order chi connectivity index (χ0) is 15.5. The van der Waals surface area contributed by atoms with E-state index in [4.69, 9.17) is 4.74 Å². The first-order valence-electron chi connectivity index (χ1n) is 7.31. The van der Waals surface area contributed by atoms with Gasteiger partial charge in [-0.25, -0.2) is 8.42 Å². The van der Waals surface area contributed by atoms with E-state index in [0.717, 1.165) is 12.8 Å². The van der Waals surface area contributed by atoms with Crippen LogP contribution in [0.5, 0.6) is 5.75 Å². The van der Waals surface area contributed by atoms with Crippen LogP contribution in [0.3, 0.4) is 0 Å². The van der Waals surface area contributed by atoms with Gasteiger partial charge in [-0.05, 0) is 30.9 Å². The lowest BCUT2D eigenvalue weighted by Crippen LogP contribution is -2.32. The molecule has 1 aromatic carbocycles. The molecule has 116 valence electrons. The number of ketones is 1. The fourth-order valence-electron chi connectivity index (χ4n) is 2.89. The average molecular weight is 310 g/mol. The van der Waals surface area contributed by atoms with Crippen molar-refractivity contribution in [2.45, 2.75) is 37.9 Å². The first-order valence-corrected chi connectivity index (χ1v) is 9.02. The van der Waals surface area contributed by atoms with Gasteiger partial charge < -0.3 is 4.74 Å². The van der Waals surface area contributed by atoms with Crippen molar-refractivity contribution >= 4 is 15.6 Å². The van der Waals surface area contributed by atoms with Gasteiger partial charge in [0.25, 0.3) is 0 Å². The number of benzene rings is 1. The summed E-state index contributed by atoms with van der Waals surface area (Å²) >= 11 is 0. The molecule has 2 atom stereocenters. The van der Waals surface area contributed by atoms with Crippen molar-refractivity contribution in [3.63, 3.8) is 0 Å². The van der Waals surface area contributed by atoms with Gasteiger partial charge in [0.1, 0.15) is 11.5 Å². The summed E-state index contributed by atoms with van der Waals surface area (Å²) in [5.41, 5.74) is 0.391. The summed E-state index contributed by atoms with van der Waals surface area (Å²) in [5.74, 6) is 0.222. The first-order chi connectivity index (χ1) is 9.92. The molecule has 1 fully saturated rings. The van der Waals surface area contributed by atoms with Crippen molar-refractivity contribution in [1.29, 1.82) is 0 Å². The monoisotopic (exact) mass is 310 g/mol. The van der Waals surface area contributed by atoms with E-state index < -0.39 is 15.6 Å². The molecule has 0 heterocycles. The topological polar surface area (TPSA) is 60.4 Å². The smallest absolute Gasteiger partial charge is 0.178 e. The summed E-state index contributed by atoms with van der Waals surface area (Å²) in [6.07, 6.45) is 3.36. The van der Waals surface area contributed by atoms with E-state index >= 15 is 0 Å². The largest absolute Gasteiger partial charge is 0.497 e. The van der Waals surface area contributed by atoms with Gasteiger partial charge >= 0.3 is 0 Å². The molecular formula is C16H22O4S. The summed E-state index contributed by atoms with van der Waals surface area (Å²) in [5, 5.41) is -0.365. The van der Waals surface area contributed by atoms with Crippen LogP contribution in [0.2, 0.25) is 0 Å². The van der Waals surface area contributed by atoms with E-state index in [9.17, 15) is 13.2 Å². The normalized spacial score (nSPS) is 22.8. The van der Waals surface area contributed by atoms with Gasteiger partial charge in [-0.1, -0.05) is 31.9 Å². The minimum absolute atomic E-state index is 0.355. The van der Waals surface area contributed by atoms with Gasteiger partial charge in [0.2, 0.25) is 0 Å². The highest BCUT2D eigenvalue weighted by atomic mass is 32.2. The Kier molecular flexibility index (Phi) is 5.04. The summed E-state index contributed by atoms with van der Waals surface area (Å²) in [4.78, 5) is 12.2. The average Bonchev–Trinajstić information content (AvgIpc) is 2.47. The van der Waals surface area contributed by atoms with E-state index in [0.29, 0.717) is 30.1 Å².